The van der Waals surface area contributed by atoms with Crippen LogP contribution in [0.25, 0.3) is 16.7 Å². The molecule has 0 unspecified atom stereocenters. The highest BCUT2D eigenvalue weighted by Gasteiger charge is 2.18. The Labute approximate surface area is 113 Å². The molecule has 0 saturated carbocycles. The summed E-state index contributed by atoms with van der Waals surface area (Å²) < 4.78 is 5.25. The average molecular weight is 251 g/mol. The quantitative estimate of drug-likeness (QED) is 0.804. The summed E-state index contributed by atoms with van der Waals surface area (Å²) >= 11 is 0. The summed E-state index contributed by atoms with van der Waals surface area (Å²) in [4.78, 5) is 4.24. The molecule has 3 rings (SSSR count). The summed E-state index contributed by atoms with van der Waals surface area (Å²) in [7, 11) is 1.67. The van der Waals surface area contributed by atoms with Crippen molar-refractivity contribution in [2.24, 2.45) is 0 Å². The molecule has 1 aromatic carbocycles. The number of ether oxygens (including phenoxy) is 1. The second kappa shape index (κ2) is 4.54. The van der Waals surface area contributed by atoms with Crippen molar-refractivity contribution in [2.75, 3.05) is 7.11 Å². The Bertz CT molecular complexity index is 658. The number of pyridine rings is 1. The number of hydrogen-bond acceptors (Lipinski definition) is 2. The molecule has 2 aromatic rings. The van der Waals surface area contributed by atoms with Gasteiger partial charge >= 0.3 is 0 Å². The minimum Gasteiger partial charge on any atom is -0.495 e. The largest absolute Gasteiger partial charge is 0.495 e. The van der Waals surface area contributed by atoms with Crippen molar-refractivity contribution in [3.63, 3.8) is 0 Å². The fraction of sp³-hybridized carbons (Fsp3) is 0.235. The molecule has 0 bridgehead atoms. The molecule has 0 fully saturated rings. The standard InChI is InChI=1S/C17H17NO/c1-11-4-5-17-12(2)16(7-6-15(11)17)13-8-14(19-3)10-18-9-13/h6-10H,1,4-5H2,2-3H3. The molecule has 0 N–H and O–H groups in total. The molecule has 0 amide bonds. The number of nitrogens with zero attached hydrogens (tertiary/aromatic N) is 1. The van der Waals surface area contributed by atoms with Crippen LogP contribution in [-0.4, -0.2) is 12.1 Å². The first-order valence-electron chi connectivity index (χ1n) is 6.50. The van der Waals surface area contributed by atoms with Gasteiger partial charge in [0.05, 0.1) is 13.3 Å². The fourth-order valence-electron chi connectivity index (χ4n) is 2.81. The van der Waals surface area contributed by atoms with Gasteiger partial charge in [-0.15, -0.1) is 0 Å². The summed E-state index contributed by atoms with van der Waals surface area (Å²) in [6.07, 6.45) is 5.80. The third kappa shape index (κ3) is 1.93. The van der Waals surface area contributed by atoms with Crippen LogP contribution >= 0.6 is 0 Å². The van der Waals surface area contributed by atoms with Gasteiger partial charge in [0.1, 0.15) is 5.75 Å². The Balaban J connectivity index is 2.14. The number of fused-ring (bicyclic) bond motifs is 1. The molecular weight excluding hydrogens is 234 g/mol. The van der Waals surface area contributed by atoms with Gasteiger partial charge in [0.2, 0.25) is 0 Å². The Morgan fingerprint density at radius 2 is 1.95 bits per heavy atom. The van der Waals surface area contributed by atoms with E-state index in [1.54, 1.807) is 13.3 Å². The smallest absolute Gasteiger partial charge is 0.137 e. The molecule has 0 saturated heterocycles. The van der Waals surface area contributed by atoms with Crippen molar-refractivity contribution in [2.45, 2.75) is 19.8 Å². The minimum atomic E-state index is 0.793. The molecule has 2 heteroatoms. The number of benzene rings is 1. The van der Waals surface area contributed by atoms with Gasteiger partial charge in [-0.25, -0.2) is 0 Å². The molecule has 0 spiro atoms. The monoisotopic (exact) mass is 251 g/mol. The molecule has 0 radical (unpaired) electrons. The van der Waals surface area contributed by atoms with Crippen molar-refractivity contribution in [3.8, 4) is 16.9 Å². The van der Waals surface area contributed by atoms with Gasteiger partial charge < -0.3 is 4.74 Å². The maximum atomic E-state index is 5.25. The summed E-state index contributed by atoms with van der Waals surface area (Å²) in [6.45, 7) is 6.32. The Morgan fingerprint density at radius 1 is 1.16 bits per heavy atom. The van der Waals surface area contributed by atoms with E-state index in [0.717, 1.165) is 24.2 Å². The van der Waals surface area contributed by atoms with E-state index in [0.29, 0.717) is 0 Å². The average Bonchev–Trinajstić information content (AvgIpc) is 2.82. The van der Waals surface area contributed by atoms with E-state index >= 15 is 0 Å². The van der Waals surface area contributed by atoms with E-state index in [1.165, 1.54) is 27.8 Å². The van der Waals surface area contributed by atoms with Crippen molar-refractivity contribution < 1.29 is 4.74 Å². The van der Waals surface area contributed by atoms with E-state index in [2.05, 4.69) is 30.6 Å². The van der Waals surface area contributed by atoms with Crippen molar-refractivity contribution >= 4 is 5.57 Å². The zero-order valence-electron chi connectivity index (χ0n) is 11.4. The van der Waals surface area contributed by atoms with Crippen LogP contribution in [-0.2, 0) is 6.42 Å². The number of aromatic nitrogens is 1. The van der Waals surface area contributed by atoms with E-state index < -0.39 is 0 Å². The molecule has 0 aliphatic heterocycles. The van der Waals surface area contributed by atoms with Gasteiger partial charge in [-0.3, -0.25) is 4.98 Å². The molecule has 1 aromatic heterocycles. The first-order chi connectivity index (χ1) is 9.20. The number of methoxy groups -OCH3 is 1. The van der Waals surface area contributed by atoms with Crippen molar-refractivity contribution in [3.05, 3.63) is 53.9 Å². The lowest BCUT2D eigenvalue weighted by Crippen LogP contribution is -1.93. The van der Waals surface area contributed by atoms with E-state index in [1.807, 2.05) is 12.3 Å². The predicted octanol–water partition coefficient (Wildman–Crippen LogP) is 4.03. The number of hydrogen-bond donors (Lipinski definition) is 0. The van der Waals surface area contributed by atoms with Crippen LogP contribution in [0.4, 0.5) is 0 Å². The summed E-state index contributed by atoms with van der Waals surface area (Å²) in [6, 6.07) is 6.39. The maximum absolute atomic E-state index is 5.25. The summed E-state index contributed by atoms with van der Waals surface area (Å²) in [5, 5.41) is 0. The van der Waals surface area contributed by atoms with Crippen LogP contribution in [0.15, 0.2) is 37.2 Å². The lowest BCUT2D eigenvalue weighted by molar-refractivity contribution is 0.413. The molecule has 19 heavy (non-hydrogen) atoms. The highest BCUT2D eigenvalue weighted by molar-refractivity contribution is 5.78. The van der Waals surface area contributed by atoms with E-state index in [4.69, 9.17) is 4.74 Å². The van der Waals surface area contributed by atoms with Gasteiger partial charge in [0, 0.05) is 11.8 Å². The summed E-state index contributed by atoms with van der Waals surface area (Å²) in [5.74, 6) is 0.793. The van der Waals surface area contributed by atoms with Crippen LogP contribution in [0.5, 0.6) is 5.75 Å². The first-order valence-corrected chi connectivity index (χ1v) is 6.50. The van der Waals surface area contributed by atoms with Crippen LogP contribution in [0.3, 0.4) is 0 Å². The van der Waals surface area contributed by atoms with Crippen LogP contribution < -0.4 is 4.74 Å². The first kappa shape index (κ1) is 12.0. The number of rotatable bonds is 2. The predicted molar refractivity (Wildman–Crippen MR) is 78.3 cm³/mol. The Morgan fingerprint density at radius 3 is 2.74 bits per heavy atom. The lowest BCUT2D eigenvalue weighted by atomic mass is 9.94. The lowest BCUT2D eigenvalue weighted by Gasteiger charge is -2.12. The zero-order valence-corrected chi connectivity index (χ0v) is 11.4. The molecule has 1 aliphatic rings. The topological polar surface area (TPSA) is 22.1 Å². The van der Waals surface area contributed by atoms with Crippen LogP contribution in [0, 0.1) is 6.92 Å². The van der Waals surface area contributed by atoms with Gasteiger partial charge in [-0.05, 0) is 53.7 Å². The second-order valence-corrected chi connectivity index (χ2v) is 4.98. The molecule has 1 aliphatic carbocycles. The van der Waals surface area contributed by atoms with Crippen LogP contribution in [0.1, 0.15) is 23.1 Å². The molecule has 1 heterocycles. The van der Waals surface area contributed by atoms with Crippen LogP contribution in [0.2, 0.25) is 0 Å². The minimum absolute atomic E-state index is 0.793. The second-order valence-electron chi connectivity index (χ2n) is 4.98. The normalized spacial score (nSPS) is 13.5. The zero-order chi connectivity index (χ0) is 13.4. The highest BCUT2D eigenvalue weighted by Crippen LogP contribution is 2.37. The third-order valence-electron chi connectivity index (χ3n) is 3.92. The Kier molecular flexibility index (Phi) is 2.86. The summed E-state index contributed by atoms with van der Waals surface area (Å²) in [5.41, 5.74) is 7.71. The maximum Gasteiger partial charge on any atom is 0.137 e. The van der Waals surface area contributed by atoms with Gasteiger partial charge in [-0.2, -0.15) is 0 Å². The van der Waals surface area contributed by atoms with Crippen molar-refractivity contribution in [1.29, 1.82) is 0 Å². The van der Waals surface area contributed by atoms with Crippen molar-refractivity contribution in [1.82, 2.24) is 4.98 Å². The van der Waals surface area contributed by atoms with Gasteiger partial charge in [-0.1, -0.05) is 18.7 Å². The molecule has 2 nitrogen and oxygen atoms in total. The van der Waals surface area contributed by atoms with Gasteiger partial charge in [0.15, 0.2) is 0 Å². The highest BCUT2D eigenvalue weighted by atomic mass is 16.5. The van der Waals surface area contributed by atoms with E-state index in [-0.39, 0.29) is 0 Å². The SMILES string of the molecule is C=C1CCc2c1ccc(-c1cncc(OC)c1)c2C. The van der Waals surface area contributed by atoms with Gasteiger partial charge in [0.25, 0.3) is 0 Å². The van der Waals surface area contributed by atoms with E-state index in [9.17, 15) is 0 Å². The Hall–Kier alpha value is -2.09. The fourth-order valence-corrected chi connectivity index (χ4v) is 2.81. The molecular formula is C17H17NO. The molecule has 0 atom stereocenters. The number of allylic oxidation sites excluding steroid dienone is 1. The third-order valence-corrected chi connectivity index (χ3v) is 3.92. The molecule has 96 valence electrons.